The minimum atomic E-state index is -0.117. The highest BCUT2D eigenvalue weighted by molar-refractivity contribution is 7.21. The number of halogens is 1. The first-order valence-electron chi connectivity index (χ1n) is 6.06. The number of fused-ring (bicyclic) bond motifs is 1. The summed E-state index contributed by atoms with van der Waals surface area (Å²) in [5, 5.41) is 4.17. The number of aromatic nitrogens is 1. The van der Waals surface area contributed by atoms with Crippen molar-refractivity contribution in [1.82, 2.24) is 4.98 Å². The molecule has 100 valence electrons. The third-order valence-corrected chi connectivity index (χ3v) is 4.20. The number of nitrogens with zero attached hydrogens (tertiary/aromatic N) is 1. The van der Waals surface area contributed by atoms with E-state index >= 15 is 0 Å². The number of carbonyl (C=O) groups excluding carboxylic acids is 1. The third-order valence-electron chi connectivity index (χ3n) is 2.81. The second kappa shape index (κ2) is 5.23. The molecule has 0 fully saturated rings. The molecule has 0 bridgehead atoms. The van der Waals surface area contributed by atoms with Gasteiger partial charge in [-0.1, -0.05) is 23.7 Å². The molecule has 5 heteroatoms. The third kappa shape index (κ3) is 2.53. The van der Waals surface area contributed by atoms with Crippen molar-refractivity contribution < 1.29 is 4.79 Å². The largest absolute Gasteiger partial charge is 0.326 e. The fraction of sp³-hybridized carbons (Fsp3) is 0.0667. The van der Waals surface area contributed by atoms with E-state index < -0.39 is 0 Å². The number of amides is 1. The lowest BCUT2D eigenvalue weighted by atomic mass is 10.2. The van der Waals surface area contributed by atoms with Gasteiger partial charge in [-0.15, -0.1) is 11.3 Å². The Bertz CT molecular complexity index is 764. The Balaban J connectivity index is 2.03. The maximum absolute atomic E-state index is 11.0. The summed E-state index contributed by atoms with van der Waals surface area (Å²) in [5.41, 5.74) is 2.53. The molecule has 3 nitrogen and oxygen atoms in total. The number of carbonyl (C=O) groups is 1. The molecule has 1 heterocycles. The van der Waals surface area contributed by atoms with E-state index in [1.165, 1.54) is 6.92 Å². The summed E-state index contributed by atoms with van der Waals surface area (Å²) in [4.78, 5) is 15.6. The summed E-state index contributed by atoms with van der Waals surface area (Å²) in [6.07, 6.45) is 0. The maximum atomic E-state index is 11.0. The van der Waals surface area contributed by atoms with Crippen LogP contribution in [0.3, 0.4) is 0 Å². The molecule has 0 radical (unpaired) electrons. The van der Waals surface area contributed by atoms with Crippen LogP contribution >= 0.6 is 22.9 Å². The van der Waals surface area contributed by atoms with Crippen molar-refractivity contribution in [2.45, 2.75) is 6.92 Å². The number of anilines is 1. The van der Waals surface area contributed by atoms with Gasteiger partial charge < -0.3 is 5.32 Å². The van der Waals surface area contributed by atoms with Gasteiger partial charge in [-0.25, -0.2) is 4.98 Å². The Hall–Kier alpha value is -1.91. The lowest BCUT2D eigenvalue weighted by Gasteiger charge is -2.05. The molecule has 0 saturated heterocycles. The van der Waals surface area contributed by atoms with Crippen LogP contribution in [0, 0.1) is 0 Å². The number of hydrogen-bond acceptors (Lipinski definition) is 3. The predicted octanol–water partition coefficient (Wildman–Crippen LogP) is 4.58. The molecule has 0 aliphatic carbocycles. The van der Waals surface area contributed by atoms with E-state index in [1.54, 1.807) is 17.4 Å². The zero-order valence-corrected chi connectivity index (χ0v) is 12.3. The van der Waals surface area contributed by atoms with Crippen LogP contribution in [0.25, 0.3) is 20.8 Å². The summed E-state index contributed by atoms with van der Waals surface area (Å²) in [5.74, 6) is -0.117. The Kier molecular flexibility index (Phi) is 3.42. The van der Waals surface area contributed by atoms with Crippen LogP contribution < -0.4 is 5.32 Å². The van der Waals surface area contributed by atoms with E-state index in [2.05, 4.69) is 10.3 Å². The van der Waals surface area contributed by atoms with Crippen molar-refractivity contribution in [2.75, 3.05) is 5.32 Å². The van der Waals surface area contributed by atoms with Crippen LogP contribution in [0.4, 0.5) is 5.69 Å². The first kappa shape index (κ1) is 13.1. The van der Waals surface area contributed by atoms with E-state index in [0.29, 0.717) is 10.7 Å². The van der Waals surface area contributed by atoms with Gasteiger partial charge in [-0.05, 0) is 30.3 Å². The minimum Gasteiger partial charge on any atom is -0.326 e. The van der Waals surface area contributed by atoms with E-state index in [0.717, 1.165) is 20.8 Å². The lowest BCUT2D eigenvalue weighted by molar-refractivity contribution is -0.114. The van der Waals surface area contributed by atoms with E-state index in [-0.39, 0.29) is 5.91 Å². The molecule has 20 heavy (non-hydrogen) atoms. The van der Waals surface area contributed by atoms with Gasteiger partial charge >= 0.3 is 0 Å². The fourth-order valence-corrected chi connectivity index (χ4v) is 3.29. The van der Waals surface area contributed by atoms with Gasteiger partial charge in [0.2, 0.25) is 5.91 Å². The van der Waals surface area contributed by atoms with Gasteiger partial charge in [-0.3, -0.25) is 4.79 Å². The quantitative estimate of drug-likeness (QED) is 0.753. The number of benzene rings is 2. The van der Waals surface area contributed by atoms with Crippen LogP contribution in [0.1, 0.15) is 6.92 Å². The molecule has 0 atom stereocenters. The highest BCUT2D eigenvalue weighted by Crippen LogP contribution is 2.35. The summed E-state index contributed by atoms with van der Waals surface area (Å²) >= 11 is 7.89. The Morgan fingerprint density at radius 3 is 2.75 bits per heavy atom. The standard InChI is InChI=1S/C15H11ClN2OS/c1-9(19)17-10-6-7-11(12(16)8-10)15-18-13-4-2-3-5-14(13)20-15/h2-8H,1H3,(H,17,19). The number of rotatable bonds is 2. The van der Waals surface area contributed by atoms with Crippen molar-refractivity contribution in [3.05, 3.63) is 47.5 Å². The number of hydrogen-bond donors (Lipinski definition) is 1. The molecule has 0 aliphatic heterocycles. The summed E-state index contributed by atoms with van der Waals surface area (Å²) < 4.78 is 1.13. The number of nitrogens with one attached hydrogen (secondary N) is 1. The second-order valence-corrected chi connectivity index (χ2v) is 5.80. The van der Waals surface area contributed by atoms with Crippen LogP contribution in [0.15, 0.2) is 42.5 Å². The molecule has 1 aromatic heterocycles. The Morgan fingerprint density at radius 2 is 2.05 bits per heavy atom. The van der Waals surface area contributed by atoms with Crippen LogP contribution in [0.2, 0.25) is 5.02 Å². The Morgan fingerprint density at radius 1 is 1.25 bits per heavy atom. The van der Waals surface area contributed by atoms with Gasteiger partial charge in [0.25, 0.3) is 0 Å². The highest BCUT2D eigenvalue weighted by atomic mass is 35.5. The van der Waals surface area contributed by atoms with Crippen LogP contribution in [-0.2, 0) is 4.79 Å². The molecule has 3 rings (SSSR count). The molecule has 3 aromatic rings. The average molecular weight is 303 g/mol. The van der Waals surface area contributed by atoms with Gasteiger partial charge in [0.1, 0.15) is 5.01 Å². The first-order valence-corrected chi connectivity index (χ1v) is 7.26. The molecule has 1 amide bonds. The second-order valence-electron chi connectivity index (χ2n) is 4.36. The number of thiazole rings is 1. The van der Waals surface area contributed by atoms with Crippen LogP contribution in [-0.4, -0.2) is 10.9 Å². The molecule has 1 N–H and O–H groups in total. The zero-order valence-electron chi connectivity index (χ0n) is 10.7. The SMILES string of the molecule is CC(=O)Nc1ccc(-c2nc3ccccc3s2)c(Cl)c1. The van der Waals surface area contributed by atoms with Crippen molar-refractivity contribution in [1.29, 1.82) is 0 Å². The Labute approximate surface area is 125 Å². The molecule has 0 aliphatic rings. The lowest BCUT2D eigenvalue weighted by Crippen LogP contribution is -2.05. The van der Waals surface area contributed by atoms with Gasteiger partial charge in [0.05, 0.1) is 15.2 Å². The normalized spacial score (nSPS) is 10.7. The molecule has 0 spiro atoms. The van der Waals surface area contributed by atoms with Crippen molar-refractivity contribution in [3.8, 4) is 10.6 Å². The van der Waals surface area contributed by atoms with E-state index in [4.69, 9.17) is 11.6 Å². The average Bonchev–Trinajstić information content (AvgIpc) is 2.81. The molecule has 0 unspecified atom stereocenters. The zero-order chi connectivity index (χ0) is 14.1. The summed E-state index contributed by atoms with van der Waals surface area (Å²) in [7, 11) is 0. The number of para-hydroxylation sites is 1. The molecule has 2 aromatic carbocycles. The van der Waals surface area contributed by atoms with Gasteiger partial charge in [-0.2, -0.15) is 0 Å². The summed E-state index contributed by atoms with van der Waals surface area (Å²) in [6, 6.07) is 13.4. The molecule has 0 saturated carbocycles. The fourth-order valence-electron chi connectivity index (χ4n) is 1.96. The van der Waals surface area contributed by atoms with Crippen molar-refractivity contribution >= 4 is 44.7 Å². The highest BCUT2D eigenvalue weighted by Gasteiger charge is 2.10. The van der Waals surface area contributed by atoms with Gasteiger partial charge in [0, 0.05) is 18.2 Å². The smallest absolute Gasteiger partial charge is 0.221 e. The summed E-state index contributed by atoms with van der Waals surface area (Å²) in [6.45, 7) is 1.47. The van der Waals surface area contributed by atoms with Crippen molar-refractivity contribution in [3.63, 3.8) is 0 Å². The monoisotopic (exact) mass is 302 g/mol. The molecular weight excluding hydrogens is 292 g/mol. The van der Waals surface area contributed by atoms with Crippen LogP contribution in [0.5, 0.6) is 0 Å². The minimum absolute atomic E-state index is 0.117. The van der Waals surface area contributed by atoms with Gasteiger partial charge in [0.15, 0.2) is 0 Å². The maximum Gasteiger partial charge on any atom is 0.221 e. The molecular formula is C15H11ClN2OS. The van der Waals surface area contributed by atoms with Crippen molar-refractivity contribution in [2.24, 2.45) is 0 Å². The van der Waals surface area contributed by atoms with E-state index in [1.807, 2.05) is 36.4 Å². The topological polar surface area (TPSA) is 42.0 Å². The van der Waals surface area contributed by atoms with E-state index in [9.17, 15) is 4.79 Å². The predicted molar refractivity (Wildman–Crippen MR) is 84.4 cm³/mol. The first-order chi connectivity index (χ1) is 9.63.